The lowest BCUT2D eigenvalue weighted by Gasteiger charge is -2.09. The number of rotatable bonds is 6. The molecule has 0 amide bonds. The molecule has 1 aromatic rings. The van der Waals surface area contributed by atoms with Crippen LogP contribution in [0.15, 0.2) is 23.4 Å². The maximum Gasteiger partial charge on any atom is 0.161 e. The second-order valence-corrected chi connectivity index (χ2v) is 4.28. The van der Waals surface area contributed by atoms with Crippen LogP contribution in [0.2, 0.25) is 0 Å². The van der Waals surface area contributed by atoms with E-state index in [0.29, 0.717) is 30.8 Å². The molecule has 1 aromatic carbocycles. The van der Waals surface area contributed by atoms with Crippen molar-refractivity contribution in [1.29, 1.82) is 0 Å². The zero-order valence-corrected chi connectivity index (χ0v) is 11.1. The number of benzene rings is 1. The molecule has 0 aliphatic carbocycles. The fourth-order valence-corrected chi connectivity index (χ4v) is 2.02. The summed E-state index contributed by atoms with van der Waals surface area (Å²) in [6.07, 6.45) is 2.80. The molecule has 0 unspecified atom stereocenters. The first-order valence-electron chi connectivity index (χ1n) is 6.17. The van der Waals surface area contributed by atoms with E-state index in [2.05, 4.69) is 5.16 Å². The van der Waals surface area contributed by atoms with Crippen molar-refractivity contribution in [3.05, 3.63) is 23.8 Å². The average Bonchev–Trinajstić information content (AvgIpc) is 2.93. The fraction of sp³-hybridized carbons (Fsp3) is 0.429. The molecule has 1 heterocycles. The molecule has 0 saturated carbocycles. The summed E-state index contributed by atoms with van der Waals surface area (Å²) in [5.41, 5.74) is 1.82. The van der Waals surface area contributed by atoms with Crippen LogP contribution < -0.4 is 9.47 Å². The molecule has 0 aromatic heterocycles. The number of methoxy groups -OCH3 is 2. The van der Waals surface area contributed by atoms with Gasteiger partial charge in [0.1, 0.15) is 12.4 Å². The van der Waals surface area contributed by atoms with Crippen LogP contribution in [0.5, 0.6) is 11.5 Å². The van der Waals surface area contributed by atoms with Crippen molar-refractivity contribution < 1.29 is 19.1 Å². The molecule has 1 aliphatic heterocycles. The maximum absolute atomic E-state index is 10.3. The average molecular weight is 263 g/mol. The summed E-state index contributed by atoms with van der Waals surface area (Å²) >= 11 is 0. The number of aldehydes is 1. The highest BCUT2D eigenvalue weighted by Crippen LogP contribution is 2.29. The molecule has 0 fully saturated rings. The van der Waals surface area contributed by atoms with Crippen molar-refractivity contribution >= 4 is 12.0 Å². The van der Waals surface area contributed by atoms with Crippen molar-refractivity contribution in [2.75, 3.05) is 14.2 Å². The third kappa shape index (κ3) is 3.05. The Bertz CT molecular complexity index is 484. The summed E-state index contributed by atoms with van der Waals surface area (Å²) < 4.78 is 10.5. The van der Waals surface area contributed by atoms with Crippen LogP contribution in [0.1, 0.15) is 24.8 Å². The molecular weight excluding hydrogens is 246 g/mol. The van der Waals surface area contributed by atoms with Crippen LogP contribution in [-0.2, 0) is 9.63 Å². The molecule has 0 radical (unpaired) electrons. The maximum atomic E-state index is 10.3. The Morgan fingerprint density at radius 2 is 2.16 bits per heavy atom. The lowest BCUT2D eigenvalue weighted by molar-refractivity contribution is -0.108. The van der Waals surface area contributed by atoms with Gasteiger partial charge in [0.15, 0.2) is 11.5 Å². The number of carbonyl (C=O) groups is 1. The number of hydrogen-bond acceptors (Lipinski definition) is 5. The number of oxime groups is 1. The second-order valence-electron chi connectivity index (χ2n) is 4.28. The molecular formula is C14H17NO4. The molecule has 0 bridgehead atoms. The summed E-state index contributed by atoms with van der Waals surface area (Å²) in [5, 5.41) is 4.08. The van der Waals surface area contributed by atoms with Gasteiger partial charge in [0.05, 0.1) is 19.9 Å². The van der Waals surface area contributed by atoms with Crippen molar-refractivity contribution in [3.8, 4) is 11.5 Å². The van der Waals surface area contributed by atoms with Gasteiger partial charge in [-0.2, -0.15) is 0 Å². The zero-order chi connectivity index (χ0) is 13.7. The molecule has 19 heavy (non-hydrogen) atoms. The van der Waals surface area contributed by atoms with E-state index in [1.807, 2.05) is 18.2 Å². The van der Waals surface area contributed by atoms with Crippen LogP contribution in [0.4, 0.5) is 0 Å². The Morgan fingerprint density at radius 1 is 1.37 bits per heavy atom. The van der Waals surface area contributed by atoms with E-state index < -0.39 is 0 Å². The zero-order valence-electron chi connectivity index (χ0n) is 11.1. The first kappa shape index (κ1) is 13.4. The quantitative estimate of drug-likeness (QED) is 0.738. The van der Waals surface area contributed by atoms with Crippen LogP contribution in [0.3, 0.4) is 0 Å². The van der Waals surface area contributed by atoms with Gasteiger partial charge in [-0.3, -0.25) is 0 Å². The lowest BCUT2D eigenvalue weighted by atomic mass is 10.0. The highest BCUT2D eigenvalue weighted by molar-refractivity contribution is 6.01. The van der Waals surface area contributed by atoms with Gasteiger partial charge in [0.2, 0.25) is 0 Å². The highest BCUT2D eigenvalue weighted by atomic mass is 16.6. The number of carbonyl (C=O) groups excluding carboxylic acids is 1. The van der Waals surface area contributed by atoms with E-state index in [1.54, 1.807) is 14.2 Å². The van der Waals surface area contributed by atoms with E-state index in [4.69, 9.17) is 14.3 Å². The van der Waals surface area contributed by atoms with Gasteiger partial charge in [0, 0.05) is 18.4 Å². The molecule has 0 spiro atoms. The molecule has 1 aliphatic rings. The Kier molecular flexibility index (Phi) is 4.39. The summed E-state index contributed by atoms with van der Waals surface area (Å²) in [4.78, 5) is 15.7. The smallest absolute Gasteiger partial charge is 0.161 e. The number of nitrogens with zero attached hydrogens (tertiary/aromatic N) is 1. The largest absolute Gasteiger partial charge is 0.493 e. The van der Waals surface area contributed by atoms with Crippen molar-refractivity contribution in [1.82, 2.24) is 0 Å². The van der Waals surface area contributed by atoms with E-state index in [9.17, 15) is 4.79 Å². The molecule has 5 nitrogen and oxygen atoms in total. The summed E-state index contributed by atoms with van der Waals surface area (Å²) in [6, 6.07) is 5.64. The molecule has 0 saturated heterocycles. The van der Waals surface area contributed by atoms with Crippen LogP contribution >= 0.6 is 0 Å². The minimum Gasteiger partial charge on any atom is -0.493 e. The third-order valence-corrected chi connectivity index (χ3v) is 3.06. The predicted octanol–water partition coefficient (Wildman–Crippen LogP) is 2.18. The predicted molar refractivity (Wildman–Crippen MR) is 70.9 cm³/mol. The second kappa shape index (κ2) is 6.22. The summed E-state index contributed by atoms with van der Waals surface area (Å²) in [6.45, 7) is 0. The van der Waals surface area contributed by atoms with Crippen molar-refractivity contribution in [3.63, 3.8) is 0 Å². The van der Waals surface area contributed by atoms with Crippen molar-refractivity contribution in [2.45, 2.75) is 25.4 Å². The van der Waals surface area contributed by atoms with Gasteiger partial charge >= 0.3 is 0 Å². The normalized spacial score (nSPS) is 17.6. The van der Waals surface area contributed by atoms with Crippen molar-refractivity contribution in [2.24, 2.45) is 5.16 Å². The van der Waals surface area contributed by atoms with Crippen LogP contribution in [0.25, 0.3) is 0 Å². The number of ether oxygens (including phenoxy) is 2. The highest BCUT2D eigenvalue weighted by Gasteiger charge is 2.22. The Labute approximate surface area is 112 Å². The van der Waals surface area contributed by atoms with Crippen LogP contribution in [-0.4, -0.2) is 32.3 Å². The molecule has 5 heteroatoms. The Balaban J connectivity index is 2.09. The monoisotopic (exact) mass is 263 g/mol. The minimum absolute atomic E-state index is 0.00621. The fourth-order valence-electron chi connectivity index (χ4n) is 2.02. The first-order chi connectivity index (χ1) is 9.28. The van der Waals surface area contributed by atoms with Gasteiger partial charge in [-0.1, -0.05) is 5.16 Å². The standard InChI is InChI=1S/C14H17NO4/c1-17-13-6-5-10(8-14(13)18-2)12-9-11(19-15-12)4-3-7-16/h5-8,11H,3-4,9H2,1-2H3/t11-/m1/s1. The first-order valence-corrected chi connectivity index (χ1v) is 6.17. The molecule has 102 valence electrons. The van der Waals surface area contributed by atoms with Gasteiger partial charge in [-0.25, -0.2) is 0 Å². The topological polar surface area (TPSA) is 57.1 Å². The van der Waals surface area contributed by atoms with E-state index >= 15 is 0 Å². The lowest BCUT2D eigenvalue weighted by Crippen LogP contribution is -2.08. The Hall–Kier alpha value is -2.04. The third-order valence-electron chi connectivity index (χ3n) is 3.06. The van der Waals surface area contributed by atoms with Crippen LogP contribution in [0, 0.1) is 0 Å². The molecule has 0 N–H and O–H groups in total. The van der Waals surface area contributed by atoms with E-state index in [1.165, 1.54) is 0 Å². The SMILES string of the molecule is COc1ccc(C2=NO[C@H](CCC=O)C2)cc1OC. The molecule has 2 rings (SSSR count). The summed E-state index contributed by atoms with van der Waals surface area (Å²) in [5.74, 6) is 1.35. The summed E-state index contributed by atoms with van der Waals surface area (Å²) in [7, 11) is 3.20. The van der Waals surface area contributed by atoms with E-state index in [-0.39, 0.29) is 6.10 Å². The number of hydrogen-bond donors (Lipinski definition) is 0. The van der Waals surface area contributed by atoms with Gasteiger partial charge in [-0.15, -0.1) is 0 Å². The van der Waals surface area contributed by atoms with Gasteiger partial charge in [0.25, 0.3) is 0 Å². The van der Waals surface area contributed by atoms with E-state index in [0.717, 1.165) is 17.6 Å². The Morgan fingerprint density at radius 3 is 2.84 bits per heavy atom. The minimum atomic E-state index is -0.00621. The van der Waals surface area contributed by atoms with Gasteiger partial charge in [-0.05, 0) is 24.6 Å². The van der Waals surface area contributed by atoms with Gasteiger partial charge < -0.3 is 19.1 Å². The molecule has 1 atom stereocenters.